The molecule has 0 fully saturated rings. The van der Waals surface area contributed by atoms with E-state index in [1.165, 1.54) is 6.26 Å². The summed E-state index contributed by atoms with van der Waals surface area (Å²) in [6.45, 7) is 2.81. The maximum atomic E-state index is 5.48. The van der Waals surface area contributed by atoms with Crippen molar-refractivity contribution >= 4 is 6.01 Å². The molecule has 0 saturated carbocycles. The molecule has 84 valence electrons. The topological polar surface area (TPSA) is 61.3 Å². The number of benzene rings is 1. The fraction of sp³-hybridized carbons (Fsp3) is 0.250. The molecule has 1 aromatic heterocycles. The molecule has 0 radical (unpaired) electrons. The molecule has 0 aliphatic carbocycles. The van der Waals surface area contributed by atoms with E-state index < -0.39 is 0 Å². The molecule has 2 aromatic rings. The van der Waals surface area contributed by atoms with E-state index in [1.54, 1.807) is 0 Å². The molecular formula is C12H14N2O2. The van der Waals surface area contributed by atoms with Crippen LogP contribution in [0.1, 0.15) is 13.3 Å². The number of oxazole rings is 1. The lowest BCUT2D eigenvalue weighted by atomic mass is 10.2. The number of anilines is 1. The van der Waals surface area contributed by atoms with E-state index in [1.807, 2.05) is 24.3 Å². The second kappa shape index (κ2) is 4.70. The third-order valence-electron chi connectivity index (χ3n) is 2.14. The van der Waals surface area contributed by atoms with Crippen LogP contribution in [0.5, 0.6) is 5.75 Å². The third-order valence-corrected chi connectivity index (χ3v) is 2.14. The van der Waals surface area contributed by atoms with Crippen molar-refractivity contribution in [1.82, 2.24) is 4.98 Å². The first-order valence-corrected chi connectivity index (χ1v) is 5.24. The Kier molecular flexibility index (Phi) is 3.10. The normalized spacial score (nSPS) is 10.3. The monoisotopic (exact) mass is 218 g/mol. The largest absolute Gasteiger partial charge is 0.494 e. The number of nitrogens with zero attached hydrogens (tertiary/aromatic N) is 1. The summed E-state index contributed by atoms with van der Waals surface area (Å²) in [5.41, 5.74) is 7.11. The minimum atomic E-state index is 0.182. The number of rotatable bonds is 4. The number of nitrogens with two attached hydrogens (primary N) is 1. The first-order chi connectivity index (χ1) is 7.79. The van der Waals surface area contributed by atoms with Gasteiger partial charge in [-0.3, -0.25) is 0 Å². The highest BCUT2D eigenvalue weighted by atomic mass is 16.5. The van der Waals surface area contributed by atoms with Crippen molar-refractivity contribution in [2.75, 3.05) is 12.3 Å². The molecule has 1 aromatic carbocycles. The number of ether oxygens (including phenoxy) is 1. The van der Waals surface area contributed by atoms with Crippen molar-refractivity contribution in [3.63, 3.8) is 0 Å². The Balaban J connectivity index is 2.13. The van der Waals surface area contributed by atoms with E-state index in [0.29, 0.717) is 0 Å². The molecule has 0 saturated heterocycles. The molecule has 4 heteroatoms. The van der Waals surface area contributed by atoms with Gasteiger partial charge >= 0.3 is 0 Å². The van der Waals surface area contributed by atoms with E-state index in [9.17, 15) is 0 Å². The second-order valence-electron chi connectivity index (χ2n) is 3.44. The highest BCUT2D eigenvalue weighted by Gasteiger charge is 2.03. The predicted molar refractivity (Wildman–Crippen MR) is 62.1 cm³/mol. The standard InChI is InChI=1S/C12H14N2O2/c1-2-7-15-10-5-3-9(4-6-10)11-8-16-12(13)14-11/h3-6,8H,2,7H2,1H3,(H2,13,14). The van der Waals surface area contributed by atoms with Crippen LogP contribution in [0.4, 0.5) is 6.01 Å². The van der Waals surface area contributed by atoms with Gasteiger partial charge in [0.15, 0.2) is 0 Å². The summed E-state index contributed by atoms with van der Waals surface area (Å²) in [6, 6.07) is 7.87. The van der Waals surface area contributed by atoms with E-state index >= 15 is 0 Å². The molecule has 2 N–H and O–H groups in total. The first-order valence-electron chi connectivity index (χ1n) is 5.24. The van der Waals surface area contributed by atoms with Crippen molar-refractivity contribution in [2.24, 2.45) is 0 Å². The van der Waals surface area contributed by atoms with Crippen LogP contribution < -0.4 is 10.5 Å². The summed E-state index contributed by atoms with van der Waals surface area (Å²) in [4.78, 5) is 4.04. The smallest absolute Gasteiger partial charge is 0.292 e. The van der Waals surface area contributed by atoms with Crippen LogP contribution in [0.25, 0.3) is 11.3 Å². The molecule has 0 atom stereocenters. The highest BCUT2D eigenvalue weighted by molar-refractivity contribution is 5.59. The number of nitrogen functional groups attached to an aromatic ring is 1. The zero-order valence-corrected chi connectivity index (χ0v) is 9.14. The predicted octanol–water partition coefficient (Wildman–Crippen LogP) is 2.71. The fourth-order valence-electron chi connectivity index (χ4n) is 1.36. The minimum Gasteiger partial charge on any atom is -0.494 e. The lowest BCUT2D eigenvalue weighted by Gasteiger charge is -2.04. The Morgan fingerprint density at radius 3 is 2.62 bits per heavy atom. The molecule has 16 heavy (non-hydrogen) atoms. The van der Waals surface area contributed by atoms with Gasteiger partial charge in [0, 0.05) is 5.56 Å². The molecule has 0 aliphatic rings. The van der Waals surface area contributed by atoms with Gasteiger partial charge in [-0.05, 0) is 30.7 Å². The molecule has 2 rings (SSSR count). The number of hydrogen-bond acceptors (Lipinski definition) is 4. The van der Waals surface area contributed by atoms with Gasteiger partial charge in [0.25, 0.3) is 6.01 Å². The summed E-state index contributed by atoms with van der Waals surface area (Å²) >= 11 is 0. The van der Waals surface area contributed by atoms with Gasteiger partial charge in [0.2, 0.25) is 0 Å². The van der Waals surface area contributed by atoms with Crippen molar-refractivity contribution in [1.29, 1.82) is 0 Å². The van der Waals surface area contributed by atoms with Crippen LogP contribution >= 0.6 is 0 Å². The Morgan fingerprint density at radius 2 is 2.06 bits per heavy atom. The van der Waals surface area contributed by atoms with Crippen LogP contribution in [0, 0.1) is 0 Å². The Labute approximate surface area is 94.1 Å². The summed E-state index contributed by atoms with van der Waals surface area (Å²) in [6.07, 6.45) is 2.54. The van der Waals surface area contributed by atoms with Crippen molar-refractivity contribution in [3.05, 3.63) is 30.5 Å². The van der Waals surface area contributed by atoms with Crippen LogP contribution in [-0.2, 0) is 0 Å². The SMILES string of the molecule is CCCOc1ccc(-c2coc(N)n2)cc1. The van der Waals surface area contributed by atoms with E-state index in [2.05, 4.69) is 11.9 Å². The van der Waals surface area contributed by atoms with Crippen molar-refractivity contribution in [3.8, 4) is 17.0 Å². The van der Waals surface area contributed by atoms with Crippen molar-refractivity contribution in [2.45, 2.75) is 13.3 Å². The maximum Gasteiger partial charge on any atom is 0.292 e. The van der Waals surface area contributed by atoms with Gasteiger partial charge in [0.05, 0.1) is 6.61 Å². The summed E-state index contributed by atoms with van der Waals surface area (Å²) < 4.78 is 10.4. The molecule has 0 spiro atoms. The molecule has 0 amide bonds. The Bertz CT molecular complexity index is 448. The molecule has 1 heterocycles. The molecular weight excluding hydrogens is 204 g/mol. The minimum absolute atomic E-state index is 0.182. The van der Waals surface area contributed by atoms with Gasteiger partial charge in [-0.2, -0.15) is 4.98 Å². The van der Waals surface area contributed by atoms with Gasteiger partial charge in [-0.15, -0.1) is 0 Å². The lowest BCUT2D eigenvalue weighted by Crippen LogP contribution is -1.94. The lowest BCUT2D eigenvalue weighted by molar-refractivity contribution is 0.317. The first kappa shape index (κ1) is 10.5. The summed E-state index contributed by atoms with van der Waals surface area (Å²) in [7, 11) is 0. The van der Waals surface area contributed by atoms with Crippen molar-refractivity contribution < 1.29 is 9.15 Å². The van der Waals surface area contributed by atoms with E-state index in [-0.39, 0.29) is 6.01 Å². The average Bonchev–Trinajstić information content (AvgIpc) is 2.74. The van der Waals surface area contributed by atoms with Gasteiger partial charge in [-0.25, -0.2) is 0 Å². The highest BCUT2D eigenvalue weighted by Crippen LogP contribution is 2.22. The quantitative estimate of drug-likeness (QED) is 0.857. The molecule has 4 nitrogen and oxygen atoms in total. The maximum absolute atomic E-state index is 5.48. The van der Waals surface area contributed by atoms with E-state index in [0.717, 1.165) is 30.0 Å². The average molecular weight is 218 g/mol. The third kappa shape index (κ3) is 2.34. The molecule has 0 aliphatic heterocycles. The van der Waals surface area contributed by atoms with Gasteiger partial charge < -0.3 is 14.9 Å². The Morgan fingerprint density at radius 1 is 1.31 bits per heavy atom. The summed E-state index contributed by atoms with van der Waals surface area (Å²) in [5, 5.41) is 0. The Hall–Kier alpha value is -1.97. The molecule has 0 unspecified atom stereocenters. The fourth-order valence-corrected chi connectivity index (χ4v) is 1.36. The van der Waals surface area contributed by atoms with Gasteiger partial charge in [0.1, 0.15) is 17.7 Å². The zero-order chi connectivity index (χ0) is 11.4. The zero-order valence-electron chi connectivity index (χ0n) is 9.14. The van der Waals surface area contributed by atoms with Crippen LogP contribution in [-0.4, -0.2) is 11.6 Å². The second-order valence-corrected chi connectivity index (χ2v) is 3.44. The number of aromatic nitrogens is 1. The van der Waals surface area contributed by atoms with Gasteiger partial charge in [-0.1, -0.05) is 6.92 Å². The molecule has 0 bridgehead atoms. The summed E-state index contributed by atoms with van der Waals surface area (Å²) in [5.74, 6) is 0.863. The van der Waals surface area contributed by atoms with Crippen LogP contribution in [0.2, 0.25) is 0 Å². The van der Waals surface area contributed by atoms with E-state index in [4.69, 9.17) is 14.9 Å². The van der Waals surface area contributed by atoms with Crippen LogP contribution in [0.3, 0.4) is 0 Å². The number of hydrogen-bond donors (Lipinski definition) is 1. The van der Waals surface area contributed by atoms with Crippen LogP contribution in [0.15, 0.2) is 34.9 Å².